The molecule has 0 aromatic heterocycles. The highest BCUT2D eigenvalue weighted by Crippen LogP contribution is 2.29. The molecule has 4 heteroatoms. The Bertz CT molecular complexity index is 383. The van der Waals surface area contributed by atoms with E-state index < -0.39 is 11.6 Å². The predicted molar refractivity (Wildman–Crippen MR) is 53.3 cm³/mol. The lowest BCUT2D eigenvalue weighted by Crippen LogP contribution is -2.50. The van der Waals surface area contributed by atoms with Gasteiger partial charge in [0.15, 0.2) is 0 Å². The van der Waals surface area contributed by atoms with Crippen molar-refractivity contribution in [1.82, 2.24) is 0 Å². The first-order valence-electron chi connectivity index (χ1n) is 4.25. The number of benzene rings is 1. The smallest absolute Gasteiger partial charge is 0.322 e. The Morgan fingerprint density at radius 3 is 1.87 bits per heavy atom. The van der Waals surface area contributed by atoms with Gasteiger partial charge in [0.1, 0.15) is 0 Å². The standard InChI is InChI=1S/C11H12O4/c1-3-10(12,11(13,14)15)9-6-4-8(2)5-7-9/h1,4-7,12-15H,2H3. The van der Waals surface area contributed by atoms with Crippen molar-refractivity contribution in [2.45, 2.75) is 18.5 Å². The van der Waals surface area contributed by atoms with Crippen LogP contribution in [-0.4, -0.2) is 26.4 Å². The molecule has 0 aliphatic carbocycles. The zero-order valence-electron chi connectivity index (χ0n) is 8.18. The number of terminal acetylenes is 1. The Morgan fingerprint density at radius 1 is 1.07 bits per heavy atom. The molecule has 0 aliphatic rings. The second kappa shape index (κ2) is 3.65. The fourth-order valence-electron chi connectivity index (χ4n) is 1.17. The number of aliphatic hydroxyl groups is 4. The molecule has 4 N–H and O–H groups in total. The molecule has 0 radical (unpaired) electrons. The Morgan fingerprint density at radius 2 is 1.53 bits per heavy atom. The summed E-state index contributed by atoms with van der Waals surface area (Å²) in [5, 5.41) is 36.7. The van der Waals surface area contributed by atoms with Gasteiger partial charge in [-0.15, -0.1) is 6.42 Å². The molecule has 0 spiro atoms. The third-order valence-electron chi connectivity index (χ3n) is 2.16. The first-order chi connectivity index (χ1) is 6.81. The van der Waals surface area contributed by atoms with Crippen LogP contribution >= 0.6 is 0 Å². The lowest BCUT2D eigenvalue weighted by Gasteiger charge is -2.30. The van der Waals surface area contributed by atoms with Crippen molar-refractivity contribution in [3.63, 3.8) is 0 Å². The Labute approximate surface area is 87.4 Å². The molecule has 1 unspecified atom stereocenters. The molecule has 0 saturated heterocycles. The van der Waals surface area contributed by atoms with E-state index in [2.05, 4.69) is 0 Å². The van der Waals surface area contributed by atoms with Gasteiger partial charge in [-0.1, -0.05) is 35.7 Å². The van der Waals surface area contributed by atoms with Gasteiger partial charge in [0, 0.05) is 5.56 Å². The topological polar surface area (TPSA) is 80.9 Å². The zero-order valence-corrected chi connectivity index (χ0v) is 8.18. The van der Waals surface area contributed by atoms with Crippen molar-refractivity contribution in [2.24, 2.45) is 0 Å². The number of aryl methyl sites for hydroxylation is 1. The van der Waals surface area contributed by atoms with Crippen LogP contribution in [0.3, 0.4) is 0 Å². The first-order valence-corrected chi connectivity index (χ1v) is 4.25. The van der Waals surface area contributed by atoms with Crippen LogP contribution in [0.25, 0.3) is 0 Å². The summed E-state index contributed by atoms with van der Waals surface area (Å²) < 4.78 is 0. The maximum Gasteiger partial charge on any atom is 0.322 e. The van der Waals surface area contributed by atoms with Gasteiger partial charge in [-0.25, -0.2) is 0 Å². The van der Waals surface area contributed by atoms with E-state index in [1.807, 2.05) is 6.92 Å². The number of rotatable bonds is 2. The van der Waals surface area contributed by atoms with E-state index in [4.69, 9.17) is 21.7 Å². The molecular formula is C11H12O4. The Hall–Kier alpha value is -1.38. The minimum atomic E-state index is -3.38. The van der Waals surface area contributed by atoms with E-state index in [9.17, 15) is 5.11 Å². The summed E-state index contributed by atoms with van der Waals surface area (Å²) in [6.45, 7) is 1.82. The quantitative estimate of drug-likeness (QED) is 0.388. The summed E-state index contributed by atoms with van der Waals surface area (Å²) in [5.74, 6) is -1.62. The molecule has 0 heterocycles. The number of hydrogen-bond acceptors (Lipinski definition) is 4. The number of hydrogen-bond donors (Lipinski definition) is 4. The molecule has 0 saturated carbocycles. The van der Waals surface area contributed by atoms with Gasteiger partial charge >= 0.3 is 5.97 Å². The van der Waals surface area contributed by atoms with Gasteiger partial charge in [0.2, 0.25) is 5.60 Å². The average molecular weight is 208 g/mol. The summed E-state index contributed by atoms with van der Waals surface area (Å²) in [6.07, 6.45) is 4.98. The second-order valence-corrected chi connectivity index (χ2v) is 3.36. The highest BCUT2D eigenvalue weighted by molar-refractivity contribution is 5.34. The second-order valence-electron chi connectivity index (χ2n) is 3.36. The van der Waals surface area contributed by atoms with Gasteiger partial charge in [-0.05, 0) is 6.92 Å². The minimum Gasteiger partial charge on any atom is -0.367 e. The molecule has 1 atom stereocenters. The summed E-state index contributed by atoms with van der Waals surface area (Å²) in [6, 6.07) is 6.08. The maximum absolute atomic E-state index is 9.73. The zero-order chi connectivity index (χ0) is 11.7. The van der Waals surface area contributed by atoms with E-state index in [1.165, 1.54) is 12.1 Å². The molecule has 4 nitrogen and oxygen atoms in total. The SMILES string of the molecule is C#CC(O)(c1ccc(C)cc1)C(O)(O)O. The maximum atomic E-state index is 9.73. The minimum absolute atomic E-state index is 0.0306. The molecule has 1 rings (SSSR count). The van der Waals surface area contributed by atoms with Gasteiger partial charge in [0.05, 0.1) is 0 Å². The van der Waals surface area contributed by atoms with Crippen molar-refractivity contribution < 1.29 is 20.4 Å². The predicted octanol–water partition coefficient (Wildman–Crippen LogP) is -0.553. The lowest BCUT2D eigenvalue weighted by molar-refractivity contribution is -0.380. The van der Waals surface area contributed by atoms with Gasteiger partial charge in [0.25, 0.3) is 0 Å². The van der Waals surface area contributed by atoms with Crippen LogP contribution in [0.4, 0.5) is 0 Å². The molecule has 1 aromatic carbocycles. The monoisotopic (exact) mass is 208 g/mol. The van der Waals surface area contributed by atoms with E-state index in [0.717, 1.165) is 5.56 Å². The van der Waals surface area contributed by atoms with Crippen LogP contribution in [0.1, 0.15) is 11.1 Å². The van der Waals surface area contributed by atoms with E-state index in [0.29, 0.717) is 0 Å². The largest absolute Gasteiger partial charge is 0.367 e. The van der Waals surface area contributed by atoms with Crippen LogP contribution in [0.15, 0.2) is 24.3 Å². The third-order valence-corrected chi connectivity index (χ3v) is 2.16. The van der Waals surface area contributed by atoms with Gasteiger partial charge in [-0.2, -0.15) is 0 Å². The van der Waals surface area contributed by atoms with Crippen molar-refractivity contribution in [1.29, 1.82) is 0 Å². The van der Waals surface area contributed by atoms with Gasteiger partial charge in [-0.3, -0.25) is 0 Å². The summed E-state index contributed by atoms with van der Waals surface area (Å²) in [7, 11) is 0. The molecule has 0 bridgehead atoms. The summed E-state index contributed by atoms with van der Waals surface area (Å²) in [5.41, 5.74) is -1.60. The molecular weight excluding hydrogens is 196 g/mol. The van der Waals surface area contributed by atoms with Crippen molar-refractivity contribution in [2.75, 3.05) is 0 Å². The fourth-order valence-corrected chi connectivity index (χ4v) is 1.17. The summed E-state index contributed by atoms with van der Waals surface area (Å²) >= 11 is 0. The van der Waals surface area contributed by atoms with Crippen LogP contribution in [0, 0.1) is 19.3 Å². The normalized spacial score (nSPS) is 15.5. The van der Waals surface area contributed by atoms with E-state index >= 15 is 0 Å². The molecule has 0 aliphatic heterocycles. The third kappa shape index (κ3) is 2.01. The summed E-state index contributed by atoms with van der Waals surface area (Å²) in [4.78, 5) is 0. The van der Waals surface area contributed by atoms with Crippen molar-refractivity contribution in [3.8, 4) is 12.3 Å². The van der Waals surface area contributed by atoms with Crippen molar-refractivity contribution in [3.05, 3.63) is 35.4 Å². The fraction of sp³-hybridized carbons (Fsp3) is 0.273. The van der Waals surface area contributed by atoms with Gasteiger partial charge < -0.3 is 20.4 Å². The van der Waals surface area contributed by atoms with Crippen LogP contribution < -0.4 is 0 Å². The van der Waals surface area contributed by atoms with E-state index in [1.54, 1.807) is 18.1 Å². The lowest BCUT2D eigenvalue weighted by atomic mass is 9.91. The molecule has 1 aromatic rings. The highest BCUT2D eigenvalue weighted by atomic mass is 16.7. The van der Waals surface area contributed by atoms with Crippen LogP contribution in [0.2, 0.25) is 0 Å². The molecule has 0 fully saturated rings. The molecule has 80 valence electrons. The van der Waals surface area contributed by atoms with Crippen molar-refractivity contribution >= 4 is 0 Å². The van der Waals surface area contributed by atoms with Crippen LogP contribution in [-0.2, 0) is 5.60 Å². The first kappa shape index (κ1) is 11.7. The Balaban J connectivity index is 3.26. The molecule has 0 amide bonds. The Kier molecular flexibility index (Phi) is 2.84. The average Bonchev–Trinajstić information content (AvgIpc) is 2.16. The molecule has 15 heavy (non-hydrogen) atoms. The highest BCUT2D eigenvalue weighted by Gasteiger charge is 2.47. The van der Waals surface area contributed by atoms with Crippen LogP contribution in [0.5, 0.6) is 0 Å². The van der Waals surface area contributed by atoms with E-state index in [-0.39, 0.29) is 5.56 Å².